The number of piperidine rings is 1. The molecule has 1 aromatic rings. The summed E-state index contributed by atoms with van der Waals surface area (Å²) in [6.07, 6.45) is 2.53. The highest BCUT2D eigenvalue weighted by atomic mass is 32.2. The van der Waals surface area contributed by atoms with Gasteiger partial charge in [0.15, 0.2) is 0 Å². The Morgan fingerprint density at radius 2 is 1.88 bits per heavy atom. The summed E-state index contributed by atoms with van der Waals surface area (Å²) in [4.78, 5) is 12.8. The number of sulfonamides is 1. The lowest BCUT2D eigenvalue weighted by molar-refractivity contribution is 0.0929. The summed E-state index contributed by atoms with van der Waals surface area (Å²) >= 11 is 0. The minimum atomic E-state index is -3.59. The van der Waals surface area contributed by atoms with Gasteiger partial charge in [-0.15, -0.1) is 0 Å². The molecular weight excluding hydrogens is 352 g/mol. The van der Waals surface area contributed by atoms with Crippen molar-refractivity contribution < 1.29 is 17.9 Å². The highest BCUT2D eigenvalue weighted by molar-refractivity contribution is 7.89. The standard InChI is InChI=1S/C19H28N2O4S/c1-13-4-7-21(8-5-13)26(23,24)18-11-16(10-14(2)15(18)3)19(22)20-17-6-9-25-12-17/h10-11,13,17H,4-9,12H2,1-3H3,(H,20,22). The molecule has 0 spiro atoms. The van der Waals surface area contributed by atoms with Crippen LogP contribution in [0.15, 0.2) is 17.0 Å². The zero-order valence-corrected chi connectivity index (χ0v) is 16.6. The number of benzene rings is 1. The van der Waals surface area contributed by atoms with E-state index in [1.165, 1.54) is 6.07 Å². The van der Waals surface area contributed by atoms with Gasteiger partial charge in [0.1, 0.15) is 0 Å². The average Bonchev–Trinajstić information content (AvgIpc) is 3.10. The summed E-state index contributed by atoms with van der Waals surface area (Å²) in [6, 6.07) is 3.28. The number of hydrogen-bond donors (Lipinski definition) is 1. The van der Waals surface area contributed by atoms with E-state index in [1.54, 1.807) is 17.3 Å². The summed E-state index contributed by atoms with van der Waals surface area (Å²) in [6.45, 7) is 8.04. The van der Waals surface area contributed by atoms with E-state index in [2.05, 4.69) is 12.2 Å². The molecule has 7 heteroatoms. The molecule has 2 aliphatic rings. The first kappa shape index (κ1) is 19.3. The second-order valence-corrected chi connectivity index (χ2v) is 9.44. The lowest BCUT2D eigenvalue weighted by Crippen LogP contribution is -2.38. The molecule has 0 saturated carbocycles. The van der Waals surface area contributed by atoms with Crippen LogP contribution in [0, 0.1) is 19.8 Å². The van der Waals surface area contributed by atoms with Crippen molar-refractivity contribution >= 4 is 15.9 Å². The normalized spacial score (nSPS) is 22.5. The largest absolute Gasteiger partial charge is 0.379 e. The SMILES string of the molecule is Cc1cc(C(=O)NC2CCOC2)cc(S(=O)(=O)N2CCC(C)CC2)c1C. The molecule has 6 nitrogen and oxygen atoms in total. The fraction of sp³-hybridized carbons (Fsp3) is 0.632. The lowest BCUT2D eigenvalue weighted by Gasteiger charge is -2.30. The first-order valence-corrected chi connectivity index (χ1v) is 10.7. The van der Waals surface area contributed by atoms with Crippen LogP contribution in [0.4, 0.5) is 0 Å². The van der Waals surface area contributed by atoms with Crippen LogP contribution < -0.4 is 5.32 Å². The van der Waals surface area contributed by atoms with Crippen LogP contribution in [0.1, 0.15) is 47.7 Å². The van der Waals surface area contributed by atoms with E-state index in [0.717, 1.165) is 24.8 Å². The molecule has 2 fully saturated rings. The molecular formula is C19H28N2O4S. The van der Waals surface area contributed by atoms with E-state index in [1.807, 2.05) is 6.92 Å². The number of rotatable bonds is 4. The van der Waals surface area contributed by atoms with Crippen LogP contribution in [0.3, 0.4) is 0 Å². The number of carbonyl (C=O) groups is 1. The summed E-state index contributed by atoms with van der Waals surface area (Å²) in [5.74, 6) is 0.308. The highest BCUT2D eigenvalue weighted by Crippen LogP contribution is 2.28. The highest BCUT2D eigenvalue weighted by Gasteiger charge is 2.30. The molecule has 3 rings (SSSR count). The van der Waals surface area contributed by atoms with E-state index in [9.17, 15) is 13.2 Å². The van der Waals surface area contributed by atoms with Crippen LogP contribution in [0.25, 0.3) is 0 Å². The van der Waals surface area contributed by atoms with Gasteiger partial charge in [-0.2, -0.15) is 4.31 Å². The molecule has 1 N–H and O–H groups in total. The third-order valence-electron chi connectivity index (χ3n) is 5.51. The third-order valence-corrected chi connectivity index (χ3v) is 7.53. The van der Waals surface area contributed by atoms with Gasteiger partial charge in [-0.1, -0.05) is 6.92 Å². The maximum Gasteiger partial charge on any atom is 0.251 e. The van der Waals surface area contributed by atoms with Gasteiger partial charge in [-0.3, -0.25) is 4.79 Å². The Bertz CT molecular complexity index is 777. The predicted octanol–water partition coefficient (Wildman–Crippen LogP) is 2.24. The Hall–Kier alpha value is -1.44. The molecule has 1 amide bonds. The molecule has 2 aliphatic heterocycles. The van der Waals surface area contributed by atoms with E-state index in [0.29, 0.717) is 43.3 Å². The van der Waals surface area contributed by atoms with Crippen LogP contribution in [0.2, 0.25) is 0 Å². The molecule has 0 aliphatic carbocycles. The van der Waals surface area contributed by atoms with E-state index < -0.39 is 10.0 Å². The topological polar surface area (TPSA) is 75.7 Å². The van der Waals surface area contributed by atoms with Gasteiger partial charge in [0.2, 0.25) is 10.0 Å². The van der Waals surface area contributed by atoms with E-state index >= 15 is 0 Å². The summed E-state index contributed by atoms with van der Waals surface area (Å²) in [5, 5.41) is 2.93. The van der Waals surface area contributed by atoms with E-state index in [4.69, 9.17) is 4.74 Å². The third kappa shape index (κ3) is 3.94. The maximum atomic E-state index is 13.2. The monoisotopic (exact) mass is 380 g/mol. The predicted molar refractivity (Wildman–Crippen MR) is 99.8 cm³/mol. The number of hydrogen-bond acceptors (Lipinski definition) is 4. The second kappa shape index (κ2) is 7.66. The number of ether oxygens (including phenoxy) is 1. The lowest BCUT2D eigenvalue weighted by atomic mass is 10.0. The molecule has 0 radical (unpaired) electrons. The quantitative estimate of drug-likeness (QED) is 0.869. The number of nitrogens with one attached hydrogen (secondary N) is 1. The molecule has 2 heterocycles. The van der Waals surface area contributed by atoms with Gasteiger partial charge < -0.3 is 10.1 Å². The fourth-order valence-corrected chi connectivity index (χ4v) is 5.30. The maximum absolute atomic E-state index is 13.2. The molecule has 1 atom stereocenters. The molecule has 26 heavy (non-hydrogen) atoms. The molecule has 0 bridgehead atoms. The second-order valence-electron chi connectivity index (χ2n) is 7.54. The molecule has 1 unspecified atom stereocenters. The summed E-state index contributed by atoms with van der Waals surface area (Å²) in [5.41, 5.74) is 1.91. The zero-order valence-electron chi connectivity index (χ0n) is 15.7. The van der Waals surface area contributed by atoms with Crippen molar-refractivity contribution in [3.05, 3.63) is 28.8 Å². The van der Waals surface area contributed by atoms with Crippen molar-refractivity contribution in [1.29, 1.82) is 0 Å². The summed E-state index contributed by atoms with van der Waals surface area (Å²) < 4.78 is 33.2. The Morgan fingerprint density at radius 3 is 2.50 bits per heavy atom. The van der Waals surface area contributed by atoms with Gasteiger partial charge >= 0.3 is 0 Å². The zero-order chi connectivity index (χ0) is 18.9. The Labute approximate surface area is 156 Å². The van der Waals surface area contributed by atoms with Crippen molar-refractivity contribution in [2.24, 2.45) is 5.92 Å². The van der Waals surface area contributed by atoms with Crippen LogP contribution in [-0.4, -0.2) is 51.0 Å². The minimum absolute atomic E-state index is 0.00671. The van der Waals surface area contributed by atoms with Crippen LogP contribution >= 0.6 is 0 Å². The minimum Gasteiger partial charge on any atom is -0.379 e. The first-order chi connectivity index (χ1) is 12.3. The molecule has 1 aromatic carbocycles. The van der Waals surface area contributed by atoms with Gasteiger partial charge in [0.25, 0.3) is 5.91 Å². The van der Waals surface area contributed by atoms with Crippen LogP contribution in [0.5, 0.6) is 0 Å². The average molecular weight is 381 g/mol. The van der Waals surface area contributed by atoms with Crippen LogP contribution in [-0.2, 0) is 14.8 Å². The number of aryl methyl sites for hydroxylation is 1. The smallest absolute Gasteiger partial charge is 0.251 e. The molecule has 0 aromatic heterocycles. The van der Waals surface area contributed by atoms with Gasteiger partial charge in [-0.25, -0.2) is 8.42 Å². The van der Waals surface area contributed by atoms with Crippen molar-refractivity contribution in [3.63, 3.8) is 0 Å². The molecule has 144 valence electrons. The van der Waals surface area contributed by atoms with Gasteiger partial charge in [-0.05, 0) is 62.3 Å². The number of nitrogens with zero attached hydrogens (tertiary/aromatic N) is 1. The van der Waals surface area contributed by atoms with Crippen molar-refractivity contribution in [1.82, 2.24) is 9.62 Å². The van der Waals surface area contributed by atoms with Crippen molar-refractivity contribution in [3.8, 4) is 0 Å². The Morgan fingerprint density at radius 1 is 1.19 bits per heavy atom. The van der Waals surface area contributed by atoms with E-state index in [-0.39, 0.29) is 16.8 Å². The Kier molecular flexibility index (Phi) is 5.69. The first-order valence-electron chi connectivity index (χ1n) is 9.29. The van der Waals surface area contributed by atoms with Gasteiger partial charge in [0.05, 0.1) is 17.5 Å². The summed E-state index contributed by atoms with van der Waals surface area (Å²) in [7, 11) is -3.59. The van der Waals surface area contributed by atoms with Crippen molar-refractivity contribution in [2.45, 2.75) is 51.0 Å². The fourth-order valence-electron chi connectivity index (χ4n) is 3.51. The number of carbonyl (C=O) groups excluding carboxylic acids is 1. The number of amides is 1. The molecule has 2 saturated heterocycles. The van der Waals surface area contributed by atoms with Crippen molar-refractivity contribution in [2.75, 3.05) is 26.3 Å². The van der Waals surface area contributed by atoms with Gasteiger partial charge in [0, 0.05) is 25.3 Å². The Balaban J connectivity index is 1.88.